The van der Waals surface area contributed by atoms with Crippen molar-refractivity contribution in [3.8, 4) is 11.5 Å². The second kappa shape index (κ2) is 11.8. The predicted octanol–water partition coefficient (Wildman–Crippen LogP) is 7.29. The molecule has 1 aliphatic rings. The summed E-state index contributed by atoms with van der Waals surface area (Å²) in [7, 11) is 0. The van der Waals surface area contributed by atoms with Gasteiger partial charge in [0.05, 0.1) is 5.92 Å². The van der Waals surface area contributed by atoms with Crippen LogP contribution in [-0.4, -0.2) is 21.8 Å². The lowest BCUT2D eigenvalue weighted by atomic mass is 9.85. The number of carboxylic acids is 1. The zero-order valence-electron chi connectivity index (χ0n) is 20.4. The second-order valence-electron chi connectivity index (χ2n) is 10.5. The lowest BCUT2D eigenvalue weighted by Crippen LogP contribution is -2.36. The molecule has 0 fully saturated rings. The minimum absolute atomic E-state index is 0.101. The molecular weight excluding hydrogens is 388 g/mol. The standard InChI is InChI=1S/C27H44O4/c1-19(11-7-13-21(3)26(29)30)9-6-10-20(2)12-8-15-27(5)16-14-23-18-24(28)17-22(4)25(23)31-27/h17-21,28H,6-16H2,1-5H3,(H,29,30). The van der Waals surface area contributed by atoms with Crippen molar-refractivity contribution in [2.24, 2.45) is 17.8 Å². The number of phenolic OH excluding ortho intramolecular Hbond substituents is 1. The molecule has 1 heterocycles. The highest BCUT2D eigenvalue weighted by Gasteiger charge is 2.32. The Labute approximate surface area is 189 Å². The minimum atomic E-state index is -0.674. The van der Waals surface area contributed by atoms with Gasteiger partial charge in [-0.05, 0) is 81.0 Å². The molecule has 176 valence electrons. The fraction of sp³-hybridized carbons (Fsp3) is 0.741. The van der Waals surface area contributed by atoms with Crippen LogP contribution < -0.4 is 4.74 Å². The van der Waals surface area contributed by atoms with Crippen LogP contribution in [0, 0.1) is 24.7 Å². The Morgan fingerprint density at radius 2 is 1.61 bits per heavy atom. The van der Waals surface area contributed by atoms with Gasteiger partial charge in [0, 0.05) is 0 Å². The van der Waals surface area contributed by atoms with Gasteiger partial charge in [0.25, 0.3) is 0 Å². The van der Waals surface area contributed by atoms with Crippen LogP contribution in [0.1, 0.15) is 103 Å². The van der Waals surface area contributed by atoms with Crippen LogP contribution >= 0.6 is 0 Å². The van der Waals surface area contributed by atoms with Gasteiger partial charge in [-0.15, -0.1) is 0 Å². The van der Waals surface area contributed by atoms with Crippen LogP contribution in [0.5, 0.6) is 11.5 Å². The fourth-order valence-electron chi connectivity index (χ4n) is 4.85. The number of aromatic hydroxyl groups is 1. The van der Waals surface area contributed by atoms with Crippen molar-refractivity contribution in [1.82, 2.24) is 0 Å². The van der Waals surface area contributed by atoms with E-state index in [0.29, 0.717) is 11.7 Å². The molecule has 0 aromatic heterocycles. The molecule has 4 unspecified atom stereocenters. The van der Waals surface area contributed by atoms with E-state index in [-0.39, 0.29) is 11.5 Å². The van der Waals surface area contributed by atoms with Crippen LogP contribution in [0.2, 0.25) is 0 Å². The van der Waals surface area contributed by atoms with Gasteiger partial charge in [-0.1, -0.05) is 59.3 Å². The summed E-state index contributed by atoms with van der Waals surface area (Å²) in [6.07, 6.45) is 12.2. The van der Waals surface area contributed by atoms with E-state index >= 15 is 0 Å². The summed E-state index contributed by atoms with van der Waals surface area (Å²) in [5, 5.41) is 18.8. The first-order valence-electron chi connectivity index (χ1n) is 12.3. The van der Waals surface area contributed by atoms with Gasteiger partial charge in [-0.2, -0.15) is 0 Å². The lowest BCUT2D eigenvalue weighted by Gasteiger charge is -2.37. The first-order valence-corrected chi connectivity index (χ1v) is 12.3. The molecule has 0 saturated heterocycles. The molecule has 2 N–H and O–H groups in total. The van der Waals surface area contributed by atoms with Gasteiger partial charge in [-0.25, -0.2) is 0 Å². The normalized spacial score (nSPS) is 21.1. The third kappa shape index (κ3) is 8.38. The molecule has 0 saturated carbocycles. The van der Waals surface area contributed by atoms with Crippen molar-refractivity contribution < 1.29 is 19.7 Å². The van der Waals surface area contributed by atoms with Crippen molar-refractivity contribution in [1.29, 1.82) is 0 Å². The van der Waals surface area contributed by atoms with E-state index in [1.54, 1.807) is 13.0 Å². The average Bonchev–Trinajstić information content (AvgIpc) is 2.68. The number of carboxylic acid groups (broad SMARTS) is 1. The van der Waals surface area contributed by atoms with Crippen molar-refractivity contribution in [3.05, 3.63) is 23.3 Å². The molecule has 4 nitrogen and oxygen atoms in total. The molecule has 1 aromatic carbocycles. The highest BCUT2D eigenvalue weighted by Crippen LogP contribution is 2.40. The summed E-state index contributed by atoms with van der Waals surface area (Å²) in [6, 6.07) is 3.64. The molecule has 0 amide bonds. The van der Waals surface area contributed by atoms with Gasteiger partial charge in [0.1, 0.15) is 17.1 Å². The van der Waals surface area contributed by atoms with Gasteiger partial charge in [0.2, 0.25) is 0 Å². The molecule has 0 aliphatic carbocycles. The van der Waals surface area contributed by atoms with Gasteiger partial charge in [0.15, 0.2) is 0 Å². The van der Waals surface area contributed by atoms with Crippen molar-refractivity contribution in [2.75, 3.05) is 0 Å². The number of fused-ring (bicyclic) bond motifs is 1. The number of aliphatic carboxylic acids is 1. The number of hydrogen-bond acceptors (Lipinski definition) is 3. The number of rotatable bonds is 13. The van der Waals surface area contributed by atoms with Crippen molar-refractivity contribution >= 4 is 5.97 Å². The molecule has 4 heteroatoms. The van der Waals surface area contributed by atoms with Crippen LogP contribution in [0.3, 0.4) is 0 Å². The van der Waals surface area contributed by atoms with Crippen LogP contribution in [-0.2, 0) is 11.2 Å². The molecule has 1 aliphatic heterocycles. The first-order chi connectivity index (χ1) is 14.6. The summed E-state index contributed by atoms with van der Waals surface area (Å²) in [6.45, 7) is 10.7. The zero-order chi connectivity index (χ0) is 23.0. The number of ether oxygens (including phenoxy) is 1. The van der Waals surface area contributed by atoms with E-state index in [9.17, 15) is 9.90 Å². The maximum Gasteiger partial charge on any atom is 0.306 e. The summed E-state index contributed by atoms with van der Waals surface area (Å²) in [5.74, 6) is 1.84. The quantitative estimate of drug-likeness (QED) is 0.343. The number of phenols is 1. The minimum Gasteiger partial charge on any atom is -0.508 e. The Hall–Kier alpha value is -1.71. The number of aryl methyl sites for hydroxylation is 2. The Morgan fingerprint density at radius 1 is 1.03 bits per heavy atom. The molecule has 0 spiro atoms. The van der Waals surface area contributed by atoms with E-state index in [2.05, 4.69) is 20.8 Å². The highest BCUT2D eigenvalue weighted by atomic mass is 16.5. The van der Waals surface area contributed by atoms with Crippen LogP contribution in [0.15, 0.2) is 12.1 Å². The molecule has 2 rings (SSSR count). The van der Waals surface area contributed by atoms with Crippen molar-refractivity contribution in [3.63, 3.8) is 0 Å². The maximum absolute atomic E-state index is 10.9. The summed E-state index contributed by atoms with van der Waals surface area (Å²) in [5.41, 5.74) is 2.06. The smallest absolute Gasteiger partial charge is 0.306 e. The Kier molecular flexibility index (Phi) is 9.71. The predicted molar refractivity (Wildman–Crippen MR) is 127 cm³/mol. The topological polar surface area (TPSA) is 66.8 Å². The largest absolute Gasteiger partial charge is 0.508 e. The third-order valence-corrected chi connectivity index (χ3v) is 7.16. The van der Waals surface area contributed by atoms with E-state index in [1.165, 1.54) is 32.1 Å². The second-order valence-corrected chi connectivity index (χ2v) is 10.5. The lowest BCUT2D eigenvalue weighted by molar-refractivity contribution is -0.141. The fourth-order valence-corrected chi connectivity index (χ4v) is 4.85. The maximum atomic E-state index is 10.9. The average molecular weight is 433 g/mol. The van der Waals surface area contributed by atoms with E-state index in [0.717, 1.165) is 61.3 Å². The summed E-state index contributed by atoms with van der Waals surface area (Å²) in [4.78, 5) is 10.9. The van der Waals surface area contributed by atoms with Gasteiger partial charge >= 0.3 is 5.97 Å². The molecular formula is C27H44O4. The van der Waals surface area contributed by atoms with E-state index < -0.39 is 5.97 Å². The van der Waals surface area contributed by atoms with Gasteiger partial charge in [-0.3, -0.25) is 4.79 Å². The molecule has 1 aromatic rings. The monoisotopic (exact) mass is 432 g/mol. The number of hydrogen-bond donors (Lipinski definition) is 2. The highest BCUT2D eigenvalue weighted by molar-refractivity contribution is 5.69. The zero-order valence-corrected chi connectivity index (χ0v) is 20.4. The molecule has 4 atom stereocenters. The van der Waals surface area contributed by atoms with Gasteiger partial charge < -0.3 is 14.9 Å². The van der Waals surface area contributed by atoms with E-state index in [4.69, 9.17) is 9.84 Å². The Morgan fingerprint density at radius 3 is 2.23 bits per heavy atom. The van der Waals surface area contributed by atoms with Crippen LogP contribution in [0.4, 0.5) is 0 Å². The number of carbonyl (C=O) groups is 1. The molecule has 0 bridgehead atoms. The van der Waals surface area contributed by atoms with Crippen molar-refractivity contribution in [2.45, 2.75) is 111 Å². The Bertz CT molecular complexity index is 713. The first kappa shape index (κ1) is 25.5. The summed E-state index contributed by atoms with van der Waals surface area (Å²) >= 11 is 0. The van der Waals surface area contributed by atoms with Crippen LogP contribution in [0.25, 0.3) is 0 Å². The SMILES string of the molecule is Cc1cc(O)cc2c1OC(C)(CCCC(C)CCCC(C)CCCC(C)C(=O)O)CC2. The third-order valence-electron chi connectivity index (χ3n) is 7.16. The number of benzene rings is 1. The molecule has 31 heavy (non-hydrogen) atoms. The Balaban J connectivity index is 1.62. The van der Waals surface area contributed by atoms with E-state index in [1.807, 2.05) is 13.0 Å². The molecule has 0 radical (unpaired) electrons. The summed E-state index contributed by atoms with van der Waals surface area (Å²) < 4.78 is 6.42.